The van der Waals surface area contributed by atoms with E-state index >= 15 is 0 Å². The van der Waals surface area contributed by atoms with E-state index in [2.05, 4.69) is 29.8 Å². The lowest BCUT2D eigenvalue weighted by Crippen LogP contribution is -2.37. The Morgan fingerprint density at radius 1 is 1.09 bits per heavy atom. The van der Waals surface area contributed by atoms with Crippen LogP contribution in [0.2, 0.25) is 0 Å². The Hall–Kier alpha value is -4.16. The van der Waals surface area contributed by atoms with Crippen molar-refractivity contribution in [1.29, 1.82) is 0 Å². The molecule has 180 valence electrons. The first-order valence-electron chi connectivity index (χ1n) is 11.0. The van der Waals surface area contributed by atoms with Crippen LogP contribution in [0.3, 0.4) is 0 Å². The molecule has 1 aliphatic heterocycles. The molecule has 0 amide bonds. The second-order valence-corrected chi connectivity index (χ2v) is 8.54. The van der Waals surface area contributed by atoms with Gasteiger partial charge in [-0.05, 0) is 25.0 Å². The smallest absolute Gasteiger partial charge is 0.354 e. The number of aromatic nitrogens is 8. The van der Waals surface area contributed by atoms with Gasteiger partial charge in [-0.15, -0.1) is 0 Å². The number of para-hydroxylation sites is 2. The van der Waals surface area contributed by atoms with Crippen LogP contribution >= 0.6 is 0 Å². The van der Waals surface area contributed by atoms with E-state index in [9.17, 15) is 18.0 Å². The number of anilines is 1. The molecule has 35 heavy (non-hydrogen) atoms. The van der Waals surface area contributed by atoms with Crippen molar-refractivity contribution in [2.45, 2.75) is 25.1 Å². The molecule has 0 atom stereocenters. The molecule has 1 aliphatic rings. The monoisotopic (exact) mass is 483 g/mol. The maximum atomic E-state index is 13.0. The highest BCUT2D eigenvalue weighted by atomic mass is 19.4. The lowest BCUT2D eigenvalue weighted by atomic mass is 10.0. The van der Waals surface area contributed by atoms with Crippen molar-refractivity contribution in [3.63, 3.8) is 0 Å². The number of H-pyrrole nitrogens is 1. The number of hydrogen-bond acceptors (Lipinski definition) is 6. The molecule has 5 aromatic rings. The lowest BCUT2D eigenvalue weighted by Gasteiger charge is -2.33. The van der Waals surface area contributed by atoms with E-state index in [0.717, 1.165) is 36.4 Å². The number of halogens is 3. The molecule has 13 heteroatoms. The maximum Gasteiger partial charge on any atom is 0.434 e. The predicted molar refractivity (Wildman–Crippen MR) is 121 cm³/mol. The van der Waals surface area contributed by atoms with Crippen molar-refractivity contribution in [2.75, 3.05) is 18.0 Å². The van der Waals surface area contributed by atoms with Crippen molar-refractivity contribution in [1.82, 2.24) is 38.6 Å². The van der Waals surface area contributed by atoms with E-state index in [1.165, 1.54) is 10.9 Å². The second-order valence-electron chi connectivity index (χ2n) is 8.54. The Bertz CT molecular complexity index is 1600. The van der Waals surface area contributed by atoms with Crippen LogP contribution in [0.1, 0.15) is 24.6 Å². The van der Waals surface area contributed by atoms with Gasteiger partial charge in [-0.25, -0.2) is 24.7 Å². The van der Waals surface area contributed by atoms with Crippen molar-refractivity contribution in [2.24, 2.45) is 7.05 Å². The van der Waals surface area contributed by atoms with Crippen LogP contribution < -0.4 is 10.6 Å². The van der Waals surface area contributed by atoms with Gasteiger partial charge >= 0.3 is 11.9 Å². The molecule has 6 rings (SSSR count). The minimum Gasteiger partial charge on any atom is -0.354 e. The van der Waals surface area contributed by atoms with Crippen LogP contribution in [0.15, 0.2) is 47.9 Å². The predicted octanol–water partition coefficient (Wildman–Crippen LogP) is 3.05. The summed E-state index contributed by atoms with van der Waals surface area (Å²) in [5.74, 6) is 0.864. The summed E-state index contributed by atoms with van der Waals surface area (Å²) in [6.45, 7) is 1.27. The molecule has 0 unspecified atom stereocenters. The lowest BCUT2D eigenvalue weighted by molar-refractivity contribution is -0.140. The van der Waals surface area contributed by atoms with Gasteiger partial charge in [0.15, 0.2) is 22.7 Å². The van der Waals surface area contributed by atoms with Crippen LogP contribution in [0.25, 0.3) is 28.1 Å². The third-order valence-corrected chi connectivity index (χ3v) is 6.47. The van der Waals surface area contributed by atoms with Crippen LogP contribution in [0, 0.1) is 0 Å². The molecular formula is C22H20F3N9O. The molecule has 0 radical (unpaired) electrons. The normalized spacial score (nSPS) is 15.5. The number of aromatic amines is 1. The molecule has 1 fully saturated rings. The summed E-state index contributed by atoms with van der Waals surface area (Å²) >= 11 is 0. The summed E-state index contributed by atoms with van der Waals surface area (Å²) in [5.41, 5.74) is 1.57. The van der Waals surface area contributed by atoms with Gasteiger partial charge in [-0.2, -0.15) is 13.2 Å². The first-order chi connectivity index (χ1) is 16.8. The Morgan fingerprint density at radius 2 is 1.86 bits per heavy atom. The largest absolute Gasteiger partial charge is 0.434 e. The van der Waals surface area contributed by atoms with Gasteiger partial charge in [0, 0.05) is 32.4 Å². The van der Waals surface area contributed by atoms with Gasteiger partial charge < -0.3 is 9.88 Å². The third-order valence-electron chi connectivity index (χ3n) is 6.47. The molecule has 0 spiro atoms. The summed E-state index contributed by atoms with van der Waals surface area (Å²) in [6, 6.07) is 7.66. The third kappa shape index (κ3) is 3.45. The SMILES string of the molecule is Cn1c(-n2cnc(C(F)(F)F)c2)nc2c(N3CCC(n4c(=O)[nH]c5ccccc54)CC3)ncnc21. The Labute approximate surface area is 195 Å². The molecular weight excluding hydrogens is 463 g/mol. The number of nitrogens with one attached hydrogen (secondary N) is 1. The van der Waals surface area contributed by atoms with E-state index in [0.29, 0.717) is 30.1 Å². The number of benzene rings is 1. The quantitative estimate of drug-likeness (QED) is 0.423. The minimum atomic E-state index is -4.54. The molecule has 1 saturated heterocycles. The molecule has 1 N–H and O–H groups in total. The summed E-state index contributed by atoms with van der Waals surface area (Å²) in [7, 11) is 1.68. The number of nitrogens with zero attached hydrogens (tertiary/aromatic N) is 8. The minimum absolute atomic E-state index is 0.0401. The Kier molecular flexibility index (Phi) is 4.69. The van der Waals surface area contributed by atoms with Gasteiger partial charge in [0.25, 0.3) is 0 Å². The van der Waals surface area contributed by atoms with Crippen molar-refractivity contribution in [3.8, 4) is 5.95 Å². The van der Waals surface area contributed by atoms with Crippen molar-refractivity contribution >= 4 is 28.0 Å². The molecule has 5 heterocycles. The fourth-order valence-electron chi connectivity index (χ4n) is 4.79. The highest BCUT2D eigenvalue weighted by molar-refractivity contribution is 5.85. The van der Waals surface area contributed by atoms with Gasteiger partial charge in [0.2, 0.25) is 5.95 Å². The number of aryl methyl sites for hydroxylation is 1. The number of alkyl halides is 3. The van der Waals surface area contributed by atoms with E-state index in [-0.39, 0.29) is 17.7 Å². The highest BCUT2D eigenvalue weighted by Crippen LogP contribution is 2.32. The van der Waals surface area contributed by atoms with Gasteiger partial charge in [-0.3, -0.25) is 13.7 Å². The van der Waals surface area contributed by atoms with Crippen LogP contribution in [0.5, 0.6) is 0 Å². The summed E-state index contributed by atoms with van der Waals surface area (Å²) in [4.78, 5) is 34.3. The fraction of sp³-hybridized carbons (Fsp3) is 0.318. The number of fused-ring (bicyclic) bond motifs is 2. The fourth-order valence-corrected chi connectivity index (χ4v) is 4.79. The molecule has 0 saturated carbocycles. The Morgan fingerprint density at radius 3 is 2.60 bits per heavy atom. The van der Waals surface area contributed by atoms with Gasteiger partial charge in [-0.1, -0.05) is 12.1 Å². The molecule has 1 aromatic carbocycles. The zero-order chi connectivity index (χ0) is 24.3. The molecule has 0 aliphatic carbocycles. The number of imidazole rings is 3. The molecule has 4 aromatic heterocycles. The average Bonchev–Trinajstić information content (AvgIpc) is 3.54. The number of rotatable bonds is 3. The first-order valence-corrected chi connectivity index (χ1v) is 11.0. The van der Waals surface area contributed by atoms with E-state index in [1.54, 1.807) is 11.6 Å². The number of piperidine rings is 1. The van der Waals surface area contributed by atoms with Gasteiger partial charge in [0.1, 0.15) is 12.7 Å². The van der Waals surface area contributed by atoms with Crippen LogP contribution in [0.4, 0.5) is 19.0 Å². The average molecular weight is 483 g/mol. The first kappa shape index (κ1) is 21.4. The zero-order valence-corrected chi connectivity index (χ0v) is 18.6. The van der Waals surface area contributed by atoms with E-state index in [4.69, 9.17) is 0 Å². The Balaban J connectivity index is 1.30. The second kappa shape index (κ2) is 7.68. The van der Waals surface area contributed by atoms with E-state index < -0.39 is 11.9 Å². The topological polar surface area (TPSA) is 102 Å². The van der Waals surface area contributed by atoms with E-state index in [1.807, 2.05) is 28.8 Å². The maximum absolute atomic E-state index is 13.0. The standard InChI is InChI=1S/C22H20F3N9O/c1-31-18-17(30-20(31)33-10-16(28-12-33)22(23,24)25)19(27-11-26-18)32-8-6-13(7-9-32)34-15-5-3-2-4-14(15)29-21(34)35/h2-5,10-13H,6-9H2,1H3,(H,29,35). The van der Waals surface area contributed by atoms with Crippen molar-refractivity contribution < 1.29 is 13.2 Å². The van der Waals surface area contributed by atoms with Gasteiger partial charge in [0.05, 0.1) is 11.0 Å². The highest BCUT2D eigenvalue weighted by Gasteiger charge is 2.34. The van der Waals surface area contributed by atoms with Crippen LogP contribution in [-0.2, 0) is 13.2 Å². The summed E-state index contributed by atoms with van der Waals surface area (Å²) in [5, 5.41) is 0. The zero-order valence-electron chi connectivity index (χ0n) is 18.6. The number of hydrogen-bond donors (Lipinski definition) is 1. The molecule has 10 nitrogen and oxygen atoms in total. The van der Waals surface area contributed by atoms with Crippen LogP contribution in [-0.4, -0.2) is 51.7 Å². The summed E-state index contributed by atoms with van der Waals surface area (Å²) < 4.78 is 43.7. The summed E-state index contributed by atoms with van der Waals surface area (Å²) in [6.07, 6.45) is 0.319. The van der Waals surface area contributed by atoms with Crippen molar-refractivity contribution in [3.05, 3.63) is 59.3 Å². The molecule has 0 bridgehead atoms.